The number of rotatable bonds is 4. The summed E-state index contributed by atoms with van der Waals surface area (Å²) in [4.78, 5) is 4.31. The second kappa shape index (κ2) is 5.88. The van der Waals surface area contributed by atoms with Gasteiger partial charge in [-0.1, -0.05) is 21.1 Å². The standard InChI is InChI=1S/C13H11BrN6O/c1-8-6-11(20-21-8)17-12-7-15-19-13(18-12)16-10-4-2-9(14)3-5-10/h2-7H,1H3,(H2,16,17,18,19,20). The second-order valence-electron chi connectivity index (χ2n) is 4.24. The number of benzene rings is 1. The van der Waals surface area contributed by atoms with E-state index in [9.17, 15) is 0 Å². The summed E-state index contributed by atoms with van der Waals surface area (Å²) in [6.45, 7) is 1.82. The van der Waals surface area contributed by atoms with Crippen LogP contribution < -0.4 is 10.6 Å². The Balaban J connectivity index is 1.75. The van der Waals surface area contributed by atoms with Crippen molar-refractivity contribution in [2.75, 3.05) is 10.6 Å². The van der Waals surface area contributed by atoms with Crippen molar-refractivity contribution in [3.05, 3.63) is 46.8 Å². The second-order valence-corrected chi connectivity index (χ2v) is 5.16. The molecule has 0 fully saturated rings. The van der Waals surface area contributed by atoms with E-state index in [1.807, 2.05) is 31.2 Å². The number of hydrogen-bond acceptors (Lipinski definition) is 7. The number of nitrogens with one attached hydrogen (secondary N) is 2. The normalized spacial score (nSPS) is 10.4. The van der Waals surface area contributed by atoms with Gasteiger partial charge in [0.1, 0.15) is 5.76 Å². The van der Waals surface area contributed by atoms with Gasteiger partial charge in [0.15, 0.2) is 11.6 Å². The lowest BCUT2D eigenvalue weighted by atomic mass is 10.3. The molecule has 3 rings (SSSR count). The zero-order chi connectivity index (χ0) is 14.7. The predicted octanol–water partition coefficient (Wildman–Crippen LogP) is 3.42. The Morgan fingerprint density at radius 1 is 1.10 bits per heavy atom. The molecule has 0 saturated carbocycles. The molecule has 106 valence electrons. The topological polar surface area (TPSA) is 88.8 Å². The maximum Gasteiger partial charge on any atom is 0.249 e. The summed E-state index contributed by atoms with van der Waals surface area (Å²) in [6, 6.07) is 9.44. The van der Waals surface area contributed by atoms with Crippen LogP contribution >= 0.6 is 15.9 Å². The van der Waals surface area contributed by atoms with Gasteiger partial charge >= 0.3 is 0 Å². The highest BCUT2D eigenvalue weighted by molar-refractivity contribution is 9.10. The van der Waals surface area contributed by atoms with Crippen LogP contribution in [-0.4, -0.2) is 20.3 Å². The number of nitrogens with zero attached hydrogens (tertiary/aromatic N) is 4. The molecule has 7 nitrogen and oxygen atoms in total. The molecule has 0 amide bonds. The van der Waals surface area contributed by atoms with Crippen molar-refractivity contribution in [2.24, 2.45) is 0 Å². The molecule has 21 heavy (non-hydrogen) atoms. The monoisotopic (exact) mass is 346 g/mol. The number of anilines is 4. The third kappa shape index (κ3) is 3.54. The number of aryl methyl sites for hydroxylation is 1. The summed E-state index contributed by atoms with van der Waals surface area (Å²) in [5, 5.41) is 17.7. The van der Waals surface area contributed by atoms with E-state index < -0.39 is 0 Å². The lowest BCUT2D eigenvalue weighted by Crippen LogP contribution is -2.02. The summed E-state index contributed by atoms with van der Waals surface area (Å²) in [5.41, 5.74) is 0.870. The quantitative estimate of drug-likeness (QED) is 0.747. The average Bonchev–Trinajstić information content (AvgIpc) is 2.87. The molecule has 0 atom stereocenters. The van der Waals surface area contributed by atoms with Crippen LogP contribution in [0.15, 0.2) is 45.5 Å². The van der Waals surface area contributed by atoms with Gasteiger partial charge in [-0.05, 0) is 31.2 Å². The van der Waals surface area contributed by atoms with E-state index >= 15 is 0 Å². The van der Waals surface area contributed by atoms with Crippen molar-refractivity contribution in [3.8, 4) is 0 Å². The molecule has 2 heterocycles. The zero-order valence-corrected chi connectivity index (χ0v) is 12.6. The third-order valence-electron chi connectivity index (χ3n) is 2.54. The van der Waals surface area contributed by atoms with Gasteiger partial charge in [0.05, 0.1) is 6.20 Å². The number of aromatic nitrogens is 4. The van der Waals surface area contributed by atoms with E-state index in [4.69, 9.17) is 4.52 Å². The van der Waals surface area contributed by atoms with Crippen LogP contribution in [0.25, 0.3) is 0 Å². The van der Waals surface area contributed by atoms with Crippen molar-refractivity contribution in [1.82, 2.24) is 20.3 Å². The maximum absolute atomic E-state index is 4.98. The minimum Gasteiger partial charge on any atom is -0.360 e. The van der Waals surface area contributed by atoms with Gasteiger partial charge in [-0.25, -0.2) is 0 Å². The molecule has 0 spiro atoms. The van der Waals surface area contributed by atoms with Crippen molar-refractivity contribution in [2.45, 2.75) is 6.92 Å². The molecule has 0 aliphatic heterocycles. The van der Waals surface area contributed by atoms with E-state index in [2.05, 4.69) is 46.9 Å². The minimum absolute atomic E-state index is 0.391. The van der Waals surface area contributed by atoms with E-state index in [0.29, 0.717) is 23.3 Å². The first-order valence-corrected chi connectivity index (χ1v) is 6.91. The Morgan fingerprint density at radius 3 is 2.62 bits per heavy atom. The summed E-state index contributed by atoms with van der Waals surface area (Å²) in [5.74, 6) is 2.20. The molecular weight excluding hydrogens is 336 g/mol. The van der Waals surface area contributed by atoms with Crippen LogP contribution in [0.1, 0.15) is 5.76 Å². The molecule has 8 heteroatoms. The number of hydrogen-bond donors (Lipinski definition) is 2. The molecule has 0 aliphatic rings. The zero-order valence-electron chi connectivity index (χ0n) is 11.0. The van der Waals surface area contributed by atoms with Crippen molar-refractivity contribution in [3.63, 3.8) is 0 Å². The van der Waals surface area contributed by atoms with Crippen LogP contribution in [0.3, 0.4) is 0 Å². The van der Waals surface area contributed by atoms with Crippen LogP contribution in [0.5, 0.6) is 0 Å². The summed E-state index contributed by atoms with van der Waals surface area (Å²) < 4.78 is 5.98. The van der Waals surface area contributed by atoms with Gasteiger partial charge in [0, 0.05) is 16.2 Å². The van der Waals surface area contributed by atoms with E-state index in [1.165, 1.54) is 6.20 Å². The maximum atomic E-state index is 4.98. The summed E-state index contributed by atoms with van der Waals surface area (Å²) >= 11 is 3.38. The fourth-order valence-corrected chi connectivity index (χ4v) is 1.90. The largest absolute Gasteiger partial charge is 0.360 e. The molecule has 0 bridgehead atoms. The van der Waals surface area contributed by atoms with Crippen LogP contribution in [0.2, 0.25) is 0 Å². The highest BCUT2D eigenvalue weighted by atomic mass is 79.9. The highest BCUT2D eigenvalue weighted by Crippen LogP contribution is 2.18. The molecule has 3 aromatic rings. The van der Waals surface area contributed by atoms with Gasteiger partial charge in [0.2, 0.25) is 5.95 Å². The van der Waals surface area contributed by atoms with Gasteiger partial charge in [0.25, 0.3) is 0 Å². The first kappa shape index (κ1) is 13.5. The van der Waals surface area contributed by atoms with Crippen molar-refractivity contribution >= 4 is 39.2 Å². The molecule has 0 saturated heterocycles. The SMILES string of the molecule is Cc1cc(Nc2cnnc(Nc3ccc(Br)cc3)n2)no1. The average molecular weight is 347 g/mol. The Hall–Kier alpha value is -2.48. The molecule has 0 radical (unpaired) electrons. The molecule has 1 aromatic carbocycles. The van der Waals surface area contributed by atoms with E-state index in [1.54, 1.807) is 6.07 Å². The molecule has 0 aliphatic carbocycles. The van der Waals surface area contributed by atoms with E-state index in [-0.39, 0.29) is 0 Å². The Morgan fingerprint density at radius 2 is 1.90 bits per heavy atom. The van der Waals surface area contributed by atoms with Crippen molar-refractivity contribution in [1.29, 1.82) is 0 Å². The van der Waals surface area contributed by atoms with Gasteiger partial charge in [-0.15, -0.1) is 5.10 Å². The van der Waals surface area contributed by atoms with Gasteiger partial charge in [-0.3, -0.25) is 0 Å². The predicted molar refractivity (Wildman–Crippen MR) is 81.8 cm³/mol. The molecular formula is C13H11BrN6O. The lowest BCUT2D eigenvalue weighted by molar-refractivity contribution is 0.400. The smallest absolute Gasteiger partial charge is 0.249 e. The van der Waals surface area contributed by atoms with Crippen LogP contribution in [-0.2, 0) is 0 Å². The lowest BCUT2D eigenvalue weighted by Gasteiger charge is -2.05. The molecule has 2 N–H and O–H groups in total. The Labute approximate surface area is 128 Å². The minimum atomic E-state index is 0.391. The Kier molecular flexibility index (Phi) is 3.78. The fraction of sp³-hybridized carbons (Fsp3) is 0.0769. The summed E-state index contributed by atoms with van der Waals surface area (Å²) in [6.07, 6.45) is 1.51. The molecule has 0 unspecified atom stereocenters. The van der Waals surface area contributed by atoms with Crippen molar-refractivity contribution < 1.29 is 4.52 Å². The number of halogens is 1. The Bertz CT molecular complexity index is 742. The first-order valence-electron chi connectivity index (χ1n) is 6.12. The highest BCUT2D eigenvalue weighted by Gasteiger charge is 2.04. The fourth-order valence-electron chi connectivity index (χ4n) is 1.64. The first-order chi connectivity index (χ1) is 10.2. The third-order valence-corrected chi connectivity index (χ3v) is 3.07. The van der Waals surface area contributed by atoms with E-state index in [0.717, 1.165) is 10.2 Å². The summed E-state index contributed by atoms with van der Waals surface area (Å²) in [7, 11) is 0. The van der Waals surface area contributed by atoms with Gasteiger partial charge in [-0.2, -0.15) is 10.1 Å². The van der Waals surface area contributed by atoms with Gasteiger partial charge < -0.3 is 15.2 Å². The van der Waals surface area contributed by atoms with Crippen LogP contribution in [0.4, 0.5) is 23.3 Å². The molecule has 2 aromatic heterocycles. The van der Waals surface area contributed by atoms with Crippen LogP contribution in [0, 0.1) is 6.92 Å².